The summed E-state index contributed by atoms with van der Waals surface area (Å²) < 4.78 is 13.3. The molecule has 2 aliphatic heterocycles. The second-order valence-electron chi connectivity index (χ2n) is 8.30. The normalized spacial score (nSPS) is 20.0. The SMILES string of the molecule is O=C(c1ccc(F)cc1Cl)N1CCN(C(=O)C2CCCN(Cc3ccccc3)C2)CC1. The maximum absolute atomic E-state index is 13.3. The highest BCUT2D eigenvalue weighted by atomic mass is 35.5. The number of rotatable bonds is 4. The van der Waals surface area contributed by atoms with E-state index in [0.29, 0.717) is 31.7 Å². The van der Waals surface area contributed by atoms with E-state index >= 15 is 0 Å². The van der Waals surface area contributed by atoms with Gasteiger partial charge in [-0.15, -0.1) is 0 Å². The van der Waals surface area contributed by atoms with E-state index in [4.69, 9.17) is 11.6 Å². The Morgan fingerprint density at radius 1 is 0.968 bits per heavy atom. The van der Waals surface area contributed by atoms with Crippen LogP contribution in [0.5, 0.6) is 0 Å². The van der Waals surface area contributed by atoms with Gasteiger partial charge in [-0.3, -0.25) is 14.5 Å². The van der Waals surface area contributed by atoms with Crippen LogP contribution in [0.25, 0.3) is 0 Å². The number of likely N-dealkylation sites (tertiary alicyclic amines) is 1. The van der Waals surface area contributed by atoms with Gasteiger partial charge in [0, 0.05) is 39.3 Å². The third kappa shape index (κ3) is 5.25. The van der Waals surface area contributed by atoms with Crippen LogP contribution in [-0.4, -0.2) is 65.8 Å². The Hall–Kier alpha value is -2.44. The van der Waals surface area contributed by atoms with Crippen LogP contribution < -0.4 is 0 Å². The summed E-state index contributed by atoms with van der Waals surface area (Å²) in [6.45, 7) is 4.59. The lowest BCUT2D eigenvalue weighted by atomic mass is 9.95. The summed E-state index contributed by atoms with van der Waals surface area (Å²) >= 11 is 6.04. The number of hydrogen-bond donors (Lipinski definition) is 0. The van der Waals surface area contributed by atoms with Gasteiger partial charge < -0.3 is 9.80 Å². The molecule has 0 bridgehead atoms. The van der Waals surface area contributed by atoms with E-state index < -0.39 is 5.82 Å². The van der Waals surface area contributed by atoms with Gasteiger partial charge in [0.2, 0.25) is 5.91 Å². The molecule has 1 atom stereocenters. The van der Waals surface area contributed by atoms with E-state index in [-0.39, 0.29) is 22.8 Å². The minimum absolute atomic E-state index is 0.00579. The number of piperidine rings is 1. The molecule has 2 aromatic rings. The number of halogens is 2. The second kappa shape index (κ2) is 9.79. The molecular formula is C24H27ClFN3O2. The zero-order valence-electron chi connectivity index (χ0n) is 17.5. The van der Waals surface area contributed by atoms with E-state index in [1.807, 2.05) is 23.1 Å². The number of hydrogen-bond acceptors (Lipinski definition) is 3. The van der Waals surface area contributed by atoms with Crippen LogP contribution in [0.3, 0.4) is 0 Å². The van der Waals surface area contributed by atoms with Crippen LogP contribution in [0.1, 0.15) is 28.8 Å². The average Bonchev–Trinajstić information content (AvgIpc) is 2.79. The molecule has 5 nitrogen and oxygen atoms in total. The number of benzene rings is 2. The average molecular weight is 444 g/mol. The highest BCUT2D eigenvalue weighted by molar-refractivity contribution is 6.33. The Bertz CT molecular complexity index is 932. The number of amides is 2. The zero-order valence-corrected chi connectivity index (χ0v) is 18.2. The fourth-order valence-corrected chi connectivity index (χ4v) is 4.71. The van der Waals surface area contributed by atoms with Crippen molar-refractivity contribution in [3.63, 3.8) is 0 Å². The summed E-state index contributed by atoms with van der Waals surface area (Å²) in [5.41, 5.74) is 1.56. The molecule has 2 amide bonds. The fraction of sp³-hybridized carbons (Fsp3) is 0.417. The summed E-state index contributed by atoms with van der Waals surface area (Å²) in [6.07, 6.45) is 1.93. The maximum Gasteiger partial charge on any atom is 0.255 e. The summed E-state index contributed by atoms with van der Waals surface area (Å²) in [7, 11) is 0. The molecule has 7 heteroatoms. The molecule has 2 aliphatic rings. The largest absolute Gasteiger partial charge is 0.339 e. The van der Waals surface area contributed by atoms with Crippen LogP contribution in [-0.2, 0) is 11.3 Å². The van der Waals surface area contributed by atoms with Crippen molar-refractivity contribution in [3.05, 3.63) is 70.5 Å². The molecule has 4 rings (SSSR count). The summed E-state index contributed by atoms with van der Waals surface area (Å²) in [6, 6.07) is 14.1. The van der Waals surface area contributed by atoms with Gasteiger partial charge in [0.1, 0.15) is 5.82 Å². The number of carbonyl (C=O) groups excluding carboxylic acids is 2. The predicted molar refractivity (Wildman–Crippen MR) is 118 cm³/mol. The van der Waals surface area contributed by atoms with Crippen LogP contribution in [0.15, 0.2) is 48.5 Å². The van der Waals surface area contributed by atoms with Crippen LogP contribution in [0.2, 0.25) is 5.02 Å². The van der Waals surface area contributed by atoms with Crippen molar-refractivity contribution >= 4 is 23.4 Å². The van der Waals surface area contributed by atoms with Crippen LogP contribution in [0.4, 0.5) is 4.39 Å². The molecule has 0 N–H and O–H groups in total. The van der Waals surface area contributed by atoms with Gasteiger partial charge in [0.25, 0.3) is 5.91 Å². The quantitative estimate of drug-likeness (QED) is 0.724. The lowest BCUT2D eigenvalue weighted by Gasteiger charge is -2.39. The molecule has 1 unspecified atom stereocenters. The molecule has 0 spiro atoms. The Kier molecular flexibility index (Phi) is 6.88. The van der Waals surface area contributed by atoms with Crippen LogP contribution >= 0.6 is 11.6 Å². The topological polar surface area (TPSA) is 43.9 Å². The Labute approximate surface area is 187 Å². The number of nitrogens with zero attached hydrogens (tertiary/aromatic N) is 3. The highest BCUT2D eigenvalue weighted by Gasteiger charge is 2.32. The molecule has 2 aromatic carbocycles. The highest BCUT2D eigenvalue weighted by Crippen LogP contribution is 2.23. The van der Waals surface area contributed by atoms with Gasteiger partial charge >= 0.3 is 0 Å². The van der Waals surface area contributed by atoms with Crippen molar-refractivity contribution < 1.29 is 14.0 Å². The first kappa shape index (κ1) is 21.8. The molecule has 2 heterocycles. The van der Waals surface area contributed by atoms with E-state index in [1.165, 1.54) is 17.7 Å². The van der Waals surface area contributed by atoms with Gasteiger partial charge in [-0.2, -0.15) is 0 Å². The van der Waals surface area contributed by atoms with Crippen LogP contribution in [0, 0.1) is 11.7 Å². The lowest BCUT2D eigenvalue weighted by Crippen LogP contribution is -2.53. The summed E-state index contributed by atoms with van der Waals surface area (Å²) in [5, 5.41) is 0.115. The Balaban J connectivity index is 1.31. The minimum atomic E-state index is -0.467. The first-order valence-electron chi connectivity index (χ1n) is 10.8. The second-order valence-corrected chi connectivity index (χ2v) is 8.71. The van der Waals surface area contributed by atoms with Crippen molar-refractivity contribution in [2.24, 2.45) is 5.92 Å². The monoisotopic (exact) mass is 443 g/mol. The molecule has 2 saturated heterocycles. The molecule has 0 saturated carbocycles. The third-order valence-electron chi connectivity index (χ3n) is 6.14. The minimum Gasteiger partial charge on any atom is -0.339 e. The standard InChI is InChI=1S/C24H27ClFN3O2/c25-22-15-20(26)8-9-21(22)24(31)29-13-11-28(12-14-29)23(30)19-7-4-10-27(17-19)16-18-5-2-1-3-6-18/h1-3,5-6,8-9,15,19H,4,7,10-14,16-17H2. The van der Waals surface area contributed by atoms with Gasteiger partial charge in [-0.05, 0) is 43.1 Å². The lowest BCUT2D eigenvalue weighted by molar-refractivity contribution is -0.139. The van der Waals surface area contributed by atoms with Crippen molar-refractivity contribution in [2.45, 2.75) is 19.4 Å². The summed E-state index contributed by atoms with van der Waals surface area (Å²) in [4.78, 5) is 31.8. The van der Waals surface area contributed by atoms with Crippen molar-refractivity contribution in [1.29, 1.82) is 0 Å². The number of piperazine rings is 1. The Morgan fingerprint density at radius 3 is 2.39 bits per heavy atom. The van der Waals surface area contributed by atoms with Crippen molar-refractivity contribution in [3.8, 4) is 0 Å². The number of carbonyl (C=O) groups is 2. The third-order valence-corrected chi connectivity index (χ3v) is 6.46. The smallest absolute Gasteiger partial charge is 0.255 e. The van der Waals surface area contributed by atoms with E-state index in [2.05, 4.69) is 17.0 Å². The predicted octanol–water partition coefficient (Wildman–Crippen LogP) is 3.68. The van der Waals surface area contributed by atoms with Crippen molar-refractivity contribution in [2.75, 3.05) is 39.3 Å². The van der Waals surface area contributed by atoms with Gasteiger partial charge in [-0.25, -0.2) is 4.39 Å². The fourth-order valence-electron chi connectivity index (χ4n) is 4.46. The Morgan fingerprint density at radius 2 is 1.68 bits per heavy atom. The first-order chi connectivity index (χ1) is 15.0. The molecule has 0 aliphatic carbocycles. The van der Waals surface area contributed by atoms with Crippen molar-refractivity contribution in [1.82, 2.24) is 14.7 Å². The first-order valence-corrected chi connectivity index (χ1v) is 11.2. The maximum atomic E-state index is 13.3. The van der Waals surface area contributed by atoms with Gasteiger partial charge in [0.05, 0.1) is 16.5 Å². The molecule has 0 aromatic heterocycles. The van der Waals surface area contributed by atoms with Gasteiger partial charge in [-0.1, -0.05) is 41.9 Å². The van der Waals surface area contributed by atoms with E-state index in [9.17, 15) is 14.0 Å². The molecular weight excluding hydrogens is 417 g/mol. The van der Waals surface area contributed by atoms with Gasteiger partial charge in [0.15, 0.2) is 0 Å². The zero-order chi connectivity index (χ0) is 21.8. The molecule has 2 fully saturated rings. The van der Waals surface area contributed by atoms with E-state index in [1.54, 1.807) is 4.90 Å². The molecule has 31 heavy (non-hydrogen) atoms. The molecule has 164 valence electrons. The summed E-state index contributed by atoms with van der Waals surface area (Å²) in [5.74, 6) is -0.495. The molecule has 0 radical (unpaired) electrons. The van der Waals surface area contributed by atoms with E-state index in [0.717, 1.165) is 38.5 Å².